The molecule has 0 aliphatic heterocycles. The number of hydrogen-bond donors (Lipinski definition) is 1. The van der Waals surface area contributed by atoms with Gasteiger partial charge in [-0.3, -0.25) is 0 Å². The Labute approximate surface area is 298 Å². The number of fused-ring (bicyclic) bond motifs is 13. The molecule has 0 unspecified atom stereocenters. The minimum absolute atomic E-state index is 0.321. The molecule has 3 aliphatic rings. The lowest BCUT2D eigenvalue weighted by Gasteiger charge is -2.34. The van der Waals surface area contributed by atoms with Crippen LogP contribution in [0.15, 0.2) is 194 Å². The van der Waals surface area contributed by atoms with Crippen LogP contribution in [0.2, 0.25) is 0 Å². The fourth-order valence-corrected chi connectivity index (χ4v) is 9.86. The highest BCUT2D eigenvalue weighted by Gasteiger charge is 2.51. The van der Waals surface area contributed by atoms with Gasteiger partial charge in [0.2, 0.25) is 0 Å². The third-order valence-electron chi connectivity index (χ3n) is 11.8. The second-order valence-corrected chi connectivity index (χ2v) is 14.1. The van der Waals surface area contributed by atoms with Crippen LogP contribution in [0.25, 0.3) is 33.4 Å². The second kappa shape index (κ2) is 10.5. The lowest BCUT2D eigenvalue weighted by atomic mass is 9.68. The third-order valence-corrected chi connectivity index (χ3v) is 11.8. The van der Waals surface area contributed by atoms with Gasteiger partial charge in [0.25, 0.3) is 0 Å². The first-order valence-electron chi connectivity index (χ1n) is 17.9. The number of nitrogens with one attached hydrogen (secondary N) is 1. The van der Waals surface area contributed by atoms with E-state index in [9.17, 15) is 0 Å². The van der Waals surface area contributed by atoms with Crippen LogP contribution < -0.4 is 5.32 Å². The molecule has 0 heterocycles. The van der Waals surface area contributed by atoms with Crippen molar-refractivity contribution in [2.24, 2.45) is 0 Å². The van der Waals surface area contributed by atoms with Crippen LogP contribution in [-0.2, 0) is 10.8 Å². The molecule has 0 fully saturated rings. The van der Waals surface area contributed by atoms with E-state index in [0.717, 1.165) is 11.4 Å². The van der Waals surface area contributed by atoms with Gasteiger partial charge in [-0.05, 0) is 102 Å². The third kappa shape index (κ3) is 3.65. The molecule has 1 heteroatoms. The van der Waals surface area contributed by atoms with Crippen molar-refractivity contribution in [2.75, 3.05) is 5.32 Å². The topological polar surface area (TPSA) is 12.0 Å². The van der Waals surface area contributed by atoms with Gasteiger partial charge in [0, 0.05) is 11.4 Å². The molecule has 0 atom stereocenters. The minimum atomic E-state index is -0.396. The van der Waals surface area contributed by atoms with Crippen molar-refractivity contribution in [3.8, 4) is 33.4 Å². The summed E-state index contributed by atoms with van der Waals surface area (Å²) < 4.78 is 0. The maximum absolute atomic E-state index is 3.79. The first-order chi connectivity index (χ1) is 25.3. The summed E-state index contributed by atoms with van der Waals surface area (Å²) >= 11 is 0. The molecule has 8 aromatic rings. The zero-order valence-corrected chi connectivity index (χ0v) is 28.0. The molecule has 3 aliphatic carbocycles. The van der Waals surface area contributed by atoms with Crippen LogP contribution in [0.1, 0.15) is 44.5 Å². The number of benzene rings is 8. The quantitative estimate of drug-likeness (QED) is 0.200. The standard InChI is InChI=1S/C50H33N/c1-2-14-33(15-3-1)49(43-21-9-4-16-37(43)38-17-5-10-22-44(38)49)34-26-28-35(29-27-34)51-36-30-31-48-42(32-36)41-20-8-13-25-47(41)50(48)45-23-11-6-18-39(45)40-19-7-12-24-46(40)50/h1-32,51H. The molecule has 1 N–H and O–H groups in total. The summed E-state index contributed by atoms with van der Waals surface area (Å²) in [5, 5.41) is 3.79. The molecule has 238 valence electrons. The predicted molar refractivity (Wildman–Crippen MR) is 210 cm³/mol. The molecule has 11 rings (SSSR count). The Bertz CT molecular complexity index is 2570. The van der Waals surface area contributed by atoms with E-state index in [0.29, 0.717) is 0 Å². The summed E-state index contributed by atoms with van der Waals surface area (Å²) in [7, 11) is 0. The van der Waals surface area contributed by atoms with Crippen LogP contribution in [0, 0.1) is 0 Å². The van der Waals surface area contributed by atoms with Gasteiger partial charge in [0.1, 0.15) is 0 Å². The molecule has 1 nitrogen and oxygen atoms in total. The second-order valence-electron chi connectivity index (χ2n) is 14.1. The SMILES string of the molecule is c1ccc(C2(c3ccc(Nc4ccc5c(c4)-c4ccccc4C54c5ccccc5-c5ccccc54)cc3)c3ccccc3-c3ccccc32)cc1. The molecule has 0 aromatic heterocycles. The lowest BCUT2D eigenvalue weighted by Crippen LogP contribution is -2.28. The summed E-state index contributed by atoms with van der Waals surface area (Å²) in [5.74, 6) is 0. The maximum atomic E-state index is 3.79. The van der Waals surface area contributed by atoms with Crippen molar-refractivity contribution in [2.45, 2.75) is 10.8 Å². The summed E-state index contributed by atoms with van der Waals surface area (Å²) in [6.07, 6.45) is 0. The van der Waals surface area contributed by atoms with Crippen LogP contribution in [0.4, 0.5) is 11.4 Å². The maximum Gasteiger partial charge on any atom is 0.0725 e. The summed E-state index contributed by atoms with van der Waals surface area (Å²) in [5.41, 5.74) is 20.0. The zero-order valence-electron chi connectivity index (χ0n) is 28.0. The van der Waals surface area contributed by atoms with Crippen molar-refractivity contribution in [1.29, 1.82) is 0 Å². The van der Waals surface area contributed by atoms with E-state index in [2.05, 4.69) is 199 Å². The van der Waals surface area contributed by atoms with Crippen molar-refractivity contribution in [3.05, 3.63) is 239 Å². The predicted octanol–water partition coefficient (Wildman–Crippen LogP) is 12.1. The van der Waals surface area contributed by atoms with Gasteiger partial charge in [-0.1, -0.05) is 170 Å². The van der Waals surface area contributed by atoms with Crippen LogP contribution >= 0.6 is 0 Å². The normalized spacial score (nSPS) is 14.6. The van der Waals surface area contributed by atoms with E-state index in [1.165, 1.54) is 77.9 Å². The van der Waals surface area contributed by atoms with E-state index in [1.807, 2.05) is 0 Å². The van der Waals surface area contributed by atoms with Crippen LogP contribution in [0.5, 0.6) is 0 Å². The fourth-order valence-electron chi connectivity index (χ4n) is 9.86. The van der Waals surface area contributed by atoms with E-state index >= 15 is 0 Å². The highest BCUT2D eigenvalue weighted by molar-refractivity contribution is 5.96. The molecular formula is C50H33N. The summed E-state index contributed by atoms with van der Waals surface area (Å²) in [4.78, 5) is 0. The minimum Gasteiger partial charge on any atom is -0.356 e. The average Bonchev–Trinajstić information content (AvgIpc) is 3.79. The highest BCUT2D eigenvalue weighted by Crippen LogP contribution is 2.63. The van der Waals surface area contributed by atoms with Crippen molar-refractivity contribution in [1.82, 2.24) is 0 Å². The smallest absolute Gasteiger partial charge is 0.0725 e. The average molecular weight is 648 g/mol. The van der Waals surface area contributed by atoms with E-state index < -0.39 is 5.41 Å². The van der Waals surface area contributed by atoms with Crippen LogP contribution in [0.3, 0.4) is 0 Å². The first kappa shape index (κ1) is 28.4. The molecule has 8 aromatic carbocycles. The van der Waals surface area contributed by atoms with Gasteiger partial charge in [-0.15, -0.1) is 0 Å². The zero-order chi connectivity index (χ0) is 33.6. The Kier molecular flexibility index (Phi) is 5.86. The first-order valence-corrected chi connectivity index (χ1v) is 17.9. The Hall–Kier alpha value is -6.44. The number of hydrogen-bond acceptors (Lipinski definition) is 1. The fraction of sp³-hybridized carbons (Fsp3) is 0.0400. The monoisotopic (exact) mass is 647 g/mol. The summed E-state index contributed by atoms with van der Waals surface area (Å²) in [6, 6.07) is 71.9. The van der Waals surface area contributed by atoms with Crippen molar-refractivity contribution >= 4 is 11.4 Å². The molecule has 0 saturated heterocycles. The largest absolute Gasteiger partial charge is 0.356 e. The van der Waals surface area contributed by atoms with Gasteiger partial charge in [0.15, 0.2) is 0 Å². The van der Waals surface area contributed by atoms with Crippen molar-refractivity contribution in [3.63, 3.8) is 0 Å². The molecule has 0 bridgehead atoms. The van der Waals surface area contributed by atoms with Gasteiger partial charge in [-0.25, -0.2) is 0 Å². The molecule has 51 heavy (non-hydrogen) atoms. The highest BCUT2D eigenvalue weighted by atomic mass is 14.9. The Morgan fingerprint density at radius 3 is 1.10 bits per heavy atom. The Balaban J connectivity index is 1.02. The Morgan fingerprint density at radius 2 is 0.608 bits per heavy atom. The number of anilines is 2. The van der Waals surface area contributed by atoms with Crippen LogP contribution in [-0.4, -0.2) is 0 Å². The lowest BCUT2D eigenvalue weighted by molar-refractivity contribution is 0.768. The molecule has 1 spiro atoms. The molecular weight excluding hydrogens is 615 g/mol. The van der Waals surface area contributed by atoms with Crippen molar-refractivity contribution < 1.29 is 0 Å². The summed E-state index contributed by atoms with van der Waals surface area (Å²) in [6.45, 7) is 0. The molecule has 0 radical (unpaired) electrons. The molecule has 0 saturated carbocycles. The van der Waals surface area contributed by atoms with Gasteiger partial charge in [-0.2, -0.15) is 0 Å². The Morgan fingerprint density at radius 1 is 0.255 bits per heavy atom. The van der Waals surface area contributed by atoms with Gasteiger partial charge in [0.05, 0.1) is 10.8 Å². The van der Waals surface area contributed by atoms with E-state index in [-0.39, 0.29) is 5.41 Å². The van der Waals surface area contributed by atoms with E-state index in [4.69, 9.17) is 0 Å². The molecule has 0 amide bonds. The number of rotatable bonds is 4. The van der Waals surface area contributed by atoms with Gasteiger partial charge < -0.3 is 5.32 Å². The van der Waals surface area contributed by atoms with E-state index in [1.54, 1.807) is 0 Å². The van der Waals surface area contributed by atoms with Gasteiger partial charge >= 0.3 is 0 Å².